The van der Waals surface area contributed by atoms with Crippen molar-refractivity contribution in [3.8, 4) is 5.75 Å². The Morgan fingerprint density at radius 1 is 0.961 bits per heavy atom. The average Bonchev–Trinajstić information content (AvgIpc) is 3.52. The molecule has 0 radical (unpaired) electrons. The number of hydrogen-bond donors (Lipinski definition) is 3. The molecule has 1 aromatic heterocycles. The molecule has 3 N–H and O–H groups in total. The molecule has 276 valence electrons. The number of benzene rings is 2. The molecule has 0 aliphatic carbocycles. The number of carbonyl (C=O) groups excluding carboxylic acids is 4. The Bertz CT molecular complexity index is 1610. The second kappa shape index (κ2) is 17.3. The van der Waals surface area contributed by atoms with Gasteiger partial charge >= 0.3 is 6.09 Å². The fourth-order valence-electron chi connectivity index (χ4n) is 5.52. The summed E-state index contributed by atoms with van der Waals surface area (Å²) >= 11 is 0. The molecule has 0 saturated carbocycles. The maximum absolute atomic E-state index is 14.0. The summed E-state index contributed by atoms with van der Waals surface area (Å²) in [5.41, 5.74) is -0.561. The molecule has 13 nitrogen and oxygen atoms in total. The van der Waals surface area contributed by atoms with E-state index < -0.39 is 41.1 Å². The lowest BCUT2D eigenvalue weighted by atomic mass is 9.97. The van der Waals surface area contributed by atoms with Crippen molar-refractivity contribution in [1.29, 1.82) is 0 Å². The smallest absolute Gasteiger partial charge is 0.408 e. The van der Waals surface area contributed by atoms with Crippen molar-refractivity contribution in [3.63, 3.8) is 0 Å². The third-order valence-corrected chi connectivity index (χ3v) is 8.39. The topological polar surface area (TPSA) is 153 Å². The summed E-state index contributed by atoms with van der Waals surface area (Å²) in [5, 5.41) is 8.05. The quantitative estimate of drug-likeness (QED) is 0.210. The SMILES string of the molecule is CCOc1ccc(C(C(=O)N2CCC(C)CC2)n2cnc(NC(=O)C(COCc3ccccc3)NC(=O)C(C)(C)NC(=O)OC(C)(C)C)c2)cc1. The first kappa shape index (κ1) is 38.9. The first-order valence-corrected chi connectivity index (χ1v) is 17.4. The van der Waals surface area contributed by atoms with Gasteiger partial charge in [-0.25, -0.2) is 9.78 Å². The zero-order valence-electron chi connectivity index (χ0n) is 30.7. The molecule has 2 unspecified atom stereocenters. The normalized spacial score (nSPS) is 15.0. The van der Waals surface area contributed by atoms with E-state index in [4.69, 9.17) is 14.2 Å². The van der Waals surface area contributed by atoms with Crippen LogP contribution in [0.3, 0.4) is 0 Å². The summed E-state index contributed by atoms with van der Waals surface area (Å²) in [6, 6.07) is 14.9. The lowest BCUT2D eigenvalue weighted by Crippen LogP contribution is -2.59. The Kier molecular flexibility index (Phi) is 13.2. The molecule has 4 amide bonds. The van der Waals surface area contributed by atoms with E-state index in [0.29, 0.717) is 31.4 Å². The van der Waals surface area contributed by atoms with Crippen LogP contribution in [-0.2, 0) is 30.5 Å². The van der Waals surface area contributed by atoms with Crippen LogP contribution >= 0.6 is 0 Å². The number of piperidine rings is 1. The van der Waals surface area contributed by atoms with Gasteiger partial charge in [0.2, 0.25) is 11.8 Å². The summed E-state index contributed by atoms with van der Waals surface area (Å²) < 4.78 is 18.5. The molecule has 3 aromatic rings. The largest absolute Gasteiger partial charge is 0.494 e. The second-order valence-electron chi connectivity index (χ2n) is 14.4. The zero-order chi connectivity index (χ0) is 37.2. The van der Waals surface area contributed by atoms with Gasteiger partial charge in [0.1, 0.15) is 29.0 Å². The predicted octanol–water partition coefficient (Wildman–Crippen LogP) is 5.07. The molecule has 1 fully saturated rings. The minimum absolute atomic E-state index is 0.0690. The summed E-state index contributed by atoms with van der Waals surface area (Å²) in [5.74, 6) is 0.148. The van der Waals surface area contributed by atoms with E-state index in [1.54, 1.807) is 31.5 Å². The molecular formula is C38H52N6O7. The van der Waals surface area contributed by atoms with Gasteiger partial charge in [0.25, 0.3) is 5.91 Å². The molecule has 13 heteroatoms. The van der Waals surface area contributed by atoms with Crippen LogP contribution in [-0.4, -0.2) is 81.8 Å². The molecule has 0 spiro atoms. The van der Waals surface area contributed by atoms with Crippen LogP contribution < -0.4 is 20.7 Å². The van der Waals surface area contributed by atoms with Crippen molar-refractivity contribution in [2.45, 2.75) is 91.1 Å². The number of amides is 4. The molecule has 2 atom stereocenters. The van der Waals surface area contributed by atoms with E-state index in [0.717, 1.165) is 24.0 Å². The molecule has 1 aliphatic rings. The number of carbonyl (C=O) groups is 4. The van der Waals surface area contributed by atoms with E-state index in [1.807, 2.05) is 66.4 Å². The number of likely N-dealkylation sites (tertiary alicyclic amines) is 1. The lowest BCUT2D eigenvalue weighted by molar-refractivity contribution is -0.135. The van der Waals surface area contributed by atoms with Gasteiger partial charge in [-0.15, -0.1) is 0 Å². The average molecular weight is 705 g/mol. The summed E-state index contributed by atoms with van der Waals surface area (Å²) in [6.07, 6.45) is 4.19. The first-order valence-electron chi connectivity index (χ1n) is 17.4. The zero-order valence-corrected chi connectivity index (χ0v) is 30.7. The molecule has 4 rings (SSSR count). The summed E-state index contributed by atoms with van der Waals surface area (Å²) in [6.45, 7) is 14.2. The third kappa shape index (κ3) is 11.6. The molecule has 2 heterocycles. The fourth-order valence-corrected chi connectivity index (χ4v) is 5.52. The fraction of sp³-hybridized carbons (Fsp3) is 0.500. The molecule has 2 aromatic carbocycles. The van der Waals surface area contributed by atoms with E-state index in [-0.39, 0.29) is 24.9 Å². The second-order valence-corrected chi connectivity index (χ2v) is 14.4. The number of rotatable bonds is 14. The number of ether oxygens (including phenoxy) is 3. The van der Waals surface area contributed by atoms with Gasteiger partial charge in [-0.3, -0.25) is 14.4 Å². The number of nitrogens with zero attached hydrogens (tertiary/aromatic N) is 3. The Labute approximate surface area is 300 Å². The van der Waals surface area contributed by atoms with Crippen molar-refractivity contribution in [2.24, 2.45) is 5.92 Å². The number of imidazole rings is 1. The van der Waals surface area contributed by atoms with Crippen LogP contribution in [0.1, 0.15) is 78.5 Å². The van der Waals surface area contributed by atoms with Gasteiger partial charge in [-0.2, -0.15) is 0 Å². The van der Waals surface area contributed by atoms with E-state index in [9.17, 15) is 19.2 Å². The van der Waals surface area contributed by atoms with Crippen molar-refractivity contribution in [1.82, 2.24) is 25.1 Å². The van der Waals surface area contributed by atoms with Gasteiger partial charge in [0.15, 0.2) is 5.82 Å². The number of anilines is 1. The monoisotopic (exact) mass is 704 g/mol. The third-order valence-electron chi connectivity index (χ3n) is 8.39. The van der Waals surface area contributed by atoms with Crippen molar-refractivity contribution < 1.29 is 33.4 Å². The maximum atomic E-state index is 14.0. The highest BCUT2D eigenvalue weighted by atomic mass is 16.6. The summed E-state index contributed by atoms with van der Waals surface area (Å²) in [7, 11) is 0. The molecule has 1 saturated heterocycles. The maximum Gasteiger partial charge on any atom is 0.408 e. The van der Waals surface area contributed by atoms with Gasteiger partial charge in [-0.1, -0.05) is 49.4 Å². The van der Waals surface area contributed by atoms with Crippen molar-refractivity contribution >= 4 is 29.6 Å². The van der Waals surface area contributed by atoms with Crippen LogP contribution in [0.4, 0.5) is 10.6 Å². The summed E-state index contributed by atoms with van der Waals surface area (Å²) in [4.78, 5) is 59.9. The van der Waals surface area contributed by atoms with Crippen LogP contribution in [0.25, 0.3) is 0 Å². The Hall–Kier alpha value is -4.91. The van der Waals surface area contributed by atoms with Crippen molar-refractivity contribution in [3.05, 3.63) is 78.2 Å². The minimum atomic E-state index is -1.43. The highest BCUT2D eigenvalue weighted by molar-refractivity contribution is 5.98. The molecule has 1 aliphatic heterocycles. The Balaban J connectivity index is 1.53. The number of alkyl carbamates (subject to hydrolysis) is 1. The van der Waals surface area contributed by atoms with Crippen LogP contribution in [0.2, 0.25) is 0 Å². The number of aromatic nitrogens is 2. The Morgan fingerprint density at radius 2 is 1.63 bits per heavy atom. The number of hydrogen-bond acceptors (Lipinski definition) is 8. The highest BCUT2D eigenvalue weighted by Crippen LogP contribution is 2.27. The van der Waals surface area contributed by atoms with Crippen LogP contribution in [0.15, 0.2) is 67.1 Å². The van der Waals surface area contributed by atoms with Gasteiger partial charge in [0, 0.05) is 19.3 Å². The van der Waals surface area contributed by atoms with Crippen LogP contribution in [0, 0.1) is 5.92 Å². The Morgan fingerprint density at radius 3 is 2.25 bits per heavy atom. The van der Waals surface area contributed by atoms with Gasteiger partial charge < -0.3 is 39.6 Å². The van der Waals surface area contributed by atoms with Gasteiger partial charge in [0.05, 0.1) is 26.1 Å². The van der Waals surface area contributed by atoms with E-state index in [2.05, 4.69) is 27.9 Å². The predicted molar refractivity (Wildman–Crippen MR) is 193 cm³/mol. The number of nitrogens with one attached hydrogen (secondary N) is 3. The molecule has 0 bridgehead atoms. The first-order chi connectivity index (χ1) is 24.1. The lowest BCUT2D eigenvalue weighted by Gasteiger charge is -2.33. The standard InChI is InChI=1S/C38H52N6O7/c1-8-50-29-16-14-28(15-17-29)32(34(46)43-20-18-26(2)19-21-43)44-22-31(39-25-44)41-33(45)30(24-49-23-27-12-10-9-11-13-27)40-35(47)38(6,7)42-36(48)51-37(3,4)5/h9-17,22,25-26,30,32H,8,18-21,23-24H2,1-7H3,(H,40,47)(H,41,45)(H,42,48). The van der Waals surface area contributed by atoms with E-state index in [1.165, 1.54) is 20.2 Å². The molecular weight excluding hydrogens is 652 g/mol. The van der Waals surface area contributed by atoms with E-state index >= 15 is 0 Å². The highest BCUT2D eigenvalue weighted by Gasteiger charge is 2.35. The minimum Gasteiger partial charge on any atom is -0.494 e. The molecule has 51 heavy (non-hydrogen) atoms. The van der Waals surface area contributed by atoms with Crippen molar-refractivity contribution in [2.75, 3.05) is 31.6 Å². The van der Waals surface area contributed by atoms with Crippen LogP contribution in [0.5, 0.6) is 5.75 Å². The van der Waals surface area contributed by atoms with Gasteiger partial charge in [-0.05, 0) is 83.6 Å².